The van der Waals surface area contributed by atoms with Crippen LogP contribution >= 0.6 is 0 Å². The van der Waals surface area contributed by atoms with Crippen molar-refractivity contribution >= 4 is 16.2 Å². The van der Waals surface area contributed by atoms with Gasteiger partial charge in [0.1, 0.15) is 0 Å². The lowest BCUT2D eigenvalue weighted by molar-refractivity contribution is 0.584. The number of rotatable bonds is 4. The Hall–Kier alpha value is -1.62. The van der Waals surface area contributed by atoms with Crippen LogP contribution in [0.5, 0.6) is 0 Å². The summed E-state index contributed by atoms with van der Waals surface area (Å²) < 4.78 is 23.3. The molecule has 0 atom stereocenters. The fraction of sp³-hybridized carbons (Fsp3) is 0.182. The molecule has 0 saturated heterocycles. The predicted octanol–water partition coefficient (Wildman–Crippen LogP) is 1.84. The van der Waals surface area contributed by atoms with Gasteiger partial charge in [-0.3, -0.25) is 0 Å². The molecule has 1 aromatic carbocycles. The average molecular weight is 238 g/mol. The van der Waals surface area contributed by atoms with Crippen LogP contribution in [0.15, 0.2) is 46.4 Å². The topological polar surface area (TPSA) is 58.5 Å². The summed E-state index contributed by atoms with van der Waals surface area (Å²) in [5.74, 6) is 0. The lowest BCUT2D eigenvalue weighted by atomic mass is 10.2. The molecular formula is C11H14N2O2S. The minimum Gasteiger partial charge on any atom is -0.200 e. The summed E-state index contributed by atoms with van der Waals surface area (Å²) in [6, 6.07) is 6.54. The number of hydrazone groups is 1. The monoisotopic (exact) mass is 238 g/mol. The zero-order valence-corrected chi connectivity index (χ0v) is 10.1. The van der Waals surface area contributed by atoms with E-state index in [0.717, 1.165) is 5.56 Å². The van der Waals surface area contributed by atoms with Crippen molar-refractivity contribution in [3.05, 3.63) is 42.0 Å². The molecule has 5 heteroatoms. The third-order valence-electron chi connectivity index (χ3n) is 1.79. The van der Waals surface area contributed by atoms with Gasteiger partial charge in [-0.2, -0.15) is 13.5 Å². The molecule has 0 aromatic heterocycles. The first-order valence-electron chi connectivity index (χ1n) is 4.69. The van der Waals surface area contributed by atoms with Crippen LogP contribution in [0.1, 0.15) is 12.5 Å². The molecule has 0 saturated carbocycles. The molecule has 0 amide bonds. The highest BCUT2D eigenvalue weighted by molar-refractivity contribution is 7.89. The van der Waals surface area contributed by atoms with Gasteiger partial charge in [-0.05, 0) is 31.6 Å². The van der Waals surface area contributed by atoms with E-state index in [4.69, 9.17) is 0 Å². The van der Waals surface area contributed by atoms with Crippen molar-refractivity contribution in [2.24, 2.45) is 5.10 Å². The largest absolute Gasteiger partial charge is 0.276 e. The molecule has 0 aliphatic rings. The molecule has 0 heterocycles. The van der Waals surface area contributed by atoms with Gasteiger partial charge in [0.2, 0.25) is 0 Å². The van der Waals surface area contributed by atoms with E-state index in [2.05, 4.69) is 16.5 Å². The van der Waals surface area contributed by atoms with Crippen molar-refractivity contribution in [3.8, 4) is 0 Å². The Bertz CT molecular complexity index is 501. The van der Waals surface area contributed by atoms with Crippen LogP contribution in [0.25, 0.3) is 0 Å². The van der Waals surface area contributed by atoms with E-state index in [1.807, 2.05) is 6.92 Å². The first kappa shape index (κ1) is 12.4. The highest BCUT2D eigenvalue weighted by Gasteiger charge is 2.11. The van der Waals surface area contributed by atoms with Crippen molar-refractivity contribution in [1.29, 1.82) is 0 Å². The second kappa shape index (κ2) is 4.94. The fourth-order valence-electron chi connectivity index (χ4n) is 0.976. The maximum Gasteiger partial charge on any atom is 0.276 e. The Morgan fingerprint density at radius 2 is 1.94 bits per heavy atom. The van der Waals surface area contributed by atoms with Crippen LogP contribution in [0, 0.1) is 6.92 Å². The number of nitrogens with zero attached hydrogens (tertiary/aromatic N) is 1. The molecule has 4 nitrogen and oxygen atoms in total. The smallest absolute Gasteiger partial charge is 0.200 e. The van der Waals surface area contributed by atoms with Gasteiger partial charge in [-0.1, -0.05) is 24.3 Å². The van der Waals surface area contributed by atoms with E-state index < -0.39 is 10.0 Å². The number of hydrogen-bond acceptors (Lipinski definition) is 3. The number of sulfonamides is 1. The third kappa shape index (κ3) is 3.51. The van der Waals surface area contributed by atoms with Crippen molar-refractivity contribution in [2.75, 3.05) is 0 Å². The molecule has 1 aromatic rings. The lowest BCUT2D eigenvalue weighted by Gasteiger charge is -2.03. The zero-order chi connectivity index (χ0) is 12.2. The Morgan fingerprint density at radius 1 is 1.38 bits per heavy atom. The van der Waals surface area contributed by atoms with E-state index in [1.165, 1.54) is 18.3 Å². The molecule has 86 valence electrons. The van der Waals surface area contributed by atoms with Crippen LogP contribution in [0.4, 0.5) is 0 Å². The summed E-state index contributed by atoms with van der Waals surface area (Å²) >= 11 is 0. The molecule has 0 unspecified atom stereocenters. The maximum absolute atomic E-state index is 11.7. The van der Waals surface area contributed by atoms with Crippen LogP contribution in [0.2, 0.25) is 0 Å². The van der Waals surface area contributed by atoms with Crippen LogP contribution in [-0.2, 0) is 10.0 Å². The summed E-state index contributed by atoms with van der Waals surface area (Å²) in [5.41, 5.74) is 1.68. The number of aryl methyl sites for hydroxylation is 1. The number of nitrogens with one attached hydrogen (secondary N) is 1. The molecule has 0 aliphatic carbocycles. The summed E-state index contributed by atoms with van der Waals surface area (Å²) in [4.78, 5) is 2.30. The predicted molar refractivity (Wildman–Crippen MR) is 64.8 cm³/mol. The summed E-state index contributed by atoms with van der Waals surface area (Å²) in [5, 5.41) is 3.58. The molecule has 1 rings (SSSR count). The fourth-order valence-corrected chi connectivity index (χ4v) is 1.77. The first-order valence-corrected chi connectivity index (χ1v) is 6.17. The third-order valence-corrected chi connectivity index (χ3v) is 3.03. The lowest BCUT2D eigenvalue weighted by Crippen LogP contribution is -2.18. The first-order chi connectivity index (χ1) is 7.42. The van der Waals surface area contributed by atoms with Crippen molar-refractivity contribution in [3.63, 3.8) is 0 Å². The van der Waals surface area contributed by atoms with Crippen LogP contribution in [0.3, 0.4) is 0 Å². The van der Waals surface area contributed by atoms with Crippen molar-refractivity contribution in [1.82, 2.24) is 4.83 Å². The van der Waals surface area contributed by atoms with Gasteiger partial charge < -0.3 is 0 Å². The molecule has 16 heavy (non-hydrogen) atoms. The van der Waals surface area contributed by atoms with Gasteiger partial charge in [0, 0.05) is 0 Å². The molecule has 1 N–H and O–H groups in total. The molecule has 0 aliphatic heterocycles. The maximum atomic E-state index is 11.7. The van der Waals surface area contributed by atoms with E-state index in [0.29, 0.717) is 5.57 Å². The molecule has 0 bridgehead atoms. The van der Waals surface area contributed by atoms with E-state index >= 15 is 0 Å². The van der Waals surface area contributed by atoms with E-state index in [1.54, 1.807) is 19.1 Å². The summed E-state index contributed by atoms with van der Waals surface area (Å²) in [6.45, 7) is 7.19. The minimum atomic E-state index is -3.56. The molecule has 0 spiro atoms. The number of hydrogen-bond donors (Lipinski definition) is 1. The summed E-state index contributed by atoms with van der Waals surface area (Å²) in [7, 11) is -3.56. The van der Waals surface area contributed by atoms with Gasteiger partial charge in [0.15, 0.2) is 0 Å². The molecule has 0 fully saturated rings. The van der Waals surface area contributed by atoms with Crippen LogP contribution < -0.4 is 4.83 Å². The summed E-state index contributed by atoms with van der Waals surface area (Å²) in [6.07, 6.45) is 1.35. The molecular weight excluding hydrogens is 224 g/mol. The average Bonchev–Trinajstić information content (AvgIpc) is 2.17. The number of allylic oxidation sites excluding steroid dienone is 1. The van der Waals surface area contributed by atoms with Gasteiger partial charge in [-0.15, -0.1) is 0 Å². The standard InChI is InChI=1S/C11H14N2O2S/c1-9(2)8-12-13-16(14,15)11-6-4-10(3)5-7-11/h4-8,13H,1H2,2-3H3/b12-8+. The van der Waals surface area contributed by atoms with Crippen molar-refractivity contribution in [2.45, 2.75) is 18.7 Å². The van der Waals surface area contributed by atoms with Gasteiger partial charge in [0.25, 0.3) is 10.0 Å². The molecule has 0 radical (unpaired) electrons. The van der Waals surface area contributed by atoms with Crippen molar-refractivity contribution < 1.29 is 8.42 Å². The Morgan fingerprint density at radius 3 is 2.44 bits per heavy atom. The minimum absolute atomic E-state index is 0.192. The highest BCUT2D eigenvalue weighted by atomic mass is 32.2. The number of benzene rings is 1. The van der Waals surface area contributed by atoms with Crippen LogP contribution in [-0.4, -0.2) is 14.6 Å². The van der Waals surface area contributed by atoms with Gasteiger partial charge >= 0.3 is 0 Å². The highest BCUT2D eigenvalue weighted by Crippen LogP contribution is 2.09. The van der Waals surface area contributed by atoms with Gasteiger partial charge in [0.05, 0.1) is 11.1 Å². The zero-order valence-electron chi connectivity index (χ0n) is 9.27. The Balaban J connectivity index is 2.86. The normalized spacial score (nSPS) is 11.6. The second-order valence-corrected chi connectivity index (χ2v) is 5.17. The van der Waals surface area contributed by atoms with Gasteiger partial charge in [-0.25, -0.2) is 4.83 Å². The van der Waals surface area contributed by atoms with E-state index in [9.17, 15) is 8.42 Å². The van der Waals surface area contributed by atoms with E-state index in [-0.39, 0.29) is 4.90 Å². The SMILES string of the molecule is C=C(C)/C=N/NS(=O)(=O)c1ccc(C)cc1. The Labute approximate surface area is 95.7 Å². The Kier molecular flexibility index (Phi) is 3.84. The second-order valence-electron chi connectivity index (χ2n) is 3.51. The quantitative estimate of drug-likeness (QED) is 0.642.